The zero-order valence-corrected chi connectivity index (χ0v) is 10.1. The molecule has 1 aromatic carbocycles. The minimum atomic E-state index is -0.591. The molecule has 1 unspecified atom stereocenters. The average Bonchev–Trinajstić information content (AvgIpc) is 2.81. The molecule has 1 aliphatic heterocycles. The lowest BCUT2D eigenvalue weighted by atomic mass is 10.1. The van der Waals surface area contributed by atoms with Crippen molar-refractivity contribution in [2.24, 2.45) is 0 Å². The van der Waals surface area contributed by atoms with Crippen molar-refractivity contribution >= 4 is 0 Å². The zero-order chi connectivity index (χ0) is 13.4. The van der Waals surface area contributed by atoms with Crippen molar-refractivity contribution in [3.8, 4) is 17.1 Å². The van der Waals surface area contributed by atoms with E-state index in [2.05, 4.69) is 10.1 Å². The highest BCUT2D eigenvalue weighted by Crippen LogP contribution is 2.23. The van der Waals surface area contributed by atoms with E-state index >= 15 is 0 Å². The van der Waals surface area contributed by atoms with Crippen LogP contribution in [-0.4, -0.2) is 30.8 Å². The fourth-order valence-electron chi connectivity index (χ4n) is 2.23. The summed E-state index contributed by atoms with van der Waals surface area (Å²) >= 11 is 0. The Morgan fingerprint density at radius 3 is 3.05 bits per heavy atom. The molecule has 7 nitrogen and oxygen atoms in total. The third-order valence-corrected chi connectivity index (χ3v) is 3.24. The lowest BCUT2D eigenvalue weighted by molar-refractivity contribution is -0.527. The number of rotatable bonds is 2. The van der Waals surface area contributed by atoms with Crippen LogP contribution in [0.25, 0.3) is 11.4 Å². The van der Waals surface area contributed by atoms with Crippen LogP contribution in [0.2, 0.25) is 0 Å². The summed E-state index contributed by atoms with van der Waals surface area (Å²) in [5, 5.41) is 24.5. The Bertz CT molecular complexity index is 638. The Balaban J connectivity index is 1.93. The molecule has 1 atom stereocenters. The first kappa shape index (κ1) is 11.6. The number of phenolic OH excluding ortho intramolecular Hbond substituents is 1. The first-order valence-electron chi connectivity index (χ1n) is 6.00. The van der Waals surface area contributed by atoms with Gasteiger partial charge in [-0.2, -0.15) is 5.10 Å². The topological polar surface area (TPSA) is 94.1 Å². The summed E-state index contributed by atoms with van der Waals surface area (Å²) in [6.07, 6.45) is 1.04. The average molecular weight is 260 g/mol. The maximum Gasteiger partial charge on any atom is 0.232 e. The highest BCUT2D eigenvalue weighted by atomic mass is 16.6. The summed E-state index contributed by atoms with van der Waals surface area (Å²) in [6, 6.07) is 6.07. The van der Waals surface area contributed by atoms with E-state index in [0.717, 1.165) is 5.82 Å². The van der Waals surface area contributed by atoms with Crippen molar-refractivity contribution in [3.63, 3.8) is 0 Å². The summed E-state index contributed by atoms with van der Waals surface area (Å²) < 4.78 is 1.59. The minimum absolute atomic E-state index is 0.147. The van der Waals surface area contributed by atoms with Crippen LogP contribution < -0.4 is 0 Å². The second-order valence-corrected chi connectivity index (χ2v) is 4.56. The van der Waals surface area contributed by atoms with Crippen molar-refractivity contribution in [3.05, 3.63) is 40.2 Å². The summed E-state index contributed by atoms with van der Waals surface area (Å²) in [4.78, 5) is 14.9. The molecule has 0 fully saturated rings. The molecule has 0 radical (unpaired) electrons. The lowest BCUT2D eigenvalue weighted by Gasteiger charge is -2.15. The van der Waals surface area contributed by atoms with Gasteiger partial charge in [-0.3, -0.25) is 10.1 Å². The molecule has 0 amide bonds. The molecule has 0 aliphatic carbocycles. The van der Waals surface area contributed by atoms with Crippen LogP contribution in [-0.2, 0) is 13.0 Å². The Morgan fingerprint density at radius 1 is 1.47 bits per heavy atom. The predicted octanol–water partition coefficient (Wildman–Crippen LogP) is 1.24. The Labute approximate surface area is 108 Å². The van der Waals surface area contributed by atoms with Crippen molar-refractivity contribution in [1.82, 2.24) is 14.8 Å². The fourth-order valence-corrected chi connectivity index (χ4v) is 2.23. The predicted molar refractivity (Wildman–Crippen MR) is 66.2 cm³/mol. The Hall–Kier alpha value is -2.44. The van der Waals surface area contributed by atoms with Gasteiger partial charge in [0, 0.05) is 23.3 Å². The van der Waals surface area contributed by atoms with Crippen molar-refractivity contribution in [1.29, 1.82) is 0 Å². The quantitative estimate of drug-likeness (QED) is 0.647. The van der Waals surface area contributed by atoms with E-state index in [1.807, 2.05) is 0 Å². The number of aromatic nitrogens is 3. The summed E-state index contributed by atoms with van der Waals surface area (Å²) in [5.74, 6) is 1.40. The van der Waals surface area contributed by atoms with E-state index in [1.165, 1.54) is 0 Å². The largest absolute Gasteiger partial charge is 0.508 e. The molecule has 0 saturated carbocycles. The number of benzene rings is 1. The van der Waals surface area contributed by atoms with Crippen LogP contribution in [0.1, 0.15) is 12.2 Å². The smallest absolute Gasteiger partial charge is 0.232 e. The third kappa shape index (κ3) is 2.14. The van der Waals surface area contributed by atoms with Gasteiger partial charge >= 0.3 is 0 Å². The molecule has 0 spiro atoms. The number of fused-ring (bicyclic) bond motifs is 1. The Morgan fingerprint density at radius 2 is 2.32 bits per heavy atom. The molecule has 98 valence electrons. The number of aryl methyl sites for hydroxylation is 1. The number of nitro groups is 1. The first-order chi connectivity index (χ1) is 9.13. The van der Waals surface area contributed by atoms with Gasteiger partial charge in [-0.05, 0) is 12.1 Å². The molecule has 0 bridgehead atoms. The maximum atomic E-state index is 10.8. The van der Waals surface area contributed by atoms with Gasteiger partial charge in [0.2, 0.25) is 6.04 Å². The van der Waals surface area contributed by atoms with Crippen LogP contribution in [0.15, 0.2) is 24.3 Å². The van der Waals surface area contributed by atoms with E-state index in [-0.39, 0.29) is 17.2 Å². The lowest BCUT2D eigenvalue weighted by Crippen LogP contribution is -2.31. The normalized spacial score (nSPS) is 18.0. The van der Waals surface area contributed by atoms with Gasteiger partial charge in [-0.1, -0.05) is 12.1 Å². The molecular formula is C12H12N4O3. The van der Waals surface area contributed by atoms with Crippen LogP contribution >= 0.6 is 0 Å². The molecule has 19 heavy (non-hydrogen) atoms. The second kappa shape index (κ2) is 4.34. The molecule has 1 aromatic heterocycles. The van der Waals surface area contributed by atoms with E-state index in [1.54, 1.807) is 28.9 Å². The molecule has 2 aromatic rings. The monoisotopic (exact) mass is 260 g/mol. The third-order valence-electron chi connectivity index (χ3n) is 3.24. The summed E-state index contributed by atoms with van der Waals surface area (Å²) in [7, 11) is 0. The van der Waals surface area contributed by atoms with Crippen LogP contribution in [0, 0.1) is 10.1 Å². The van der Waals surface area contributed by atoms with Crippen molar-refractivity contribution in [2.75, 3.05) is 0 Å². The highest BCUT2D eigenvalue weighted by molar-refractivity contribution is 5.56. The molecule has 1 aliphatic rings. The SMILES string of the molecule is O=[N+]([O-])C1CCc2nc(-c3cccc(O)c3)nn2C1. The minimum Gasteiger partial charge on any atom is -0.508 e. The zero-order valence-electron chi connectivity index (χ0n) is 10.1. The second-order valence-electron chi connectivity index (χ2n) is 4.56. The molecule has 0 saturated heterocycles. The molecule has 3 rings (SSSR count). The molecule has 7 heteroatoms. The number of aromatic hydroxyl groups is 1. The van der Waals surface area contributed by atoms with E-state index in [0.29, 0.717) is 24.2 Å². The fraction of sp³-hybridized carbons (Fsp3) is 0.333. The highest BCUT2D eigenvalue weighted by Gasteiger charge is 2.29. The van der Waals surface area contributed by atoms with Gasteiger partial charge in [0.15, 0.2) is 5.82 Å². The number of nitrogens with zero attached hydrogens (tertiary/aromatic N) is 4. The molecular weight excluding hydrogens is 248 g/mol. The van der Waals surface area contributed by atoms with Gasteiger partial charge in [-0.25, -0.2) is 9.67 Å². The van der Waals surface area contributed by atoms with E-state index < -0.39 is 6.04 Å². The van der Waals surface area contributed by atoms with Gasteiger partial charge in [0.25, 0.3) is 0 Å². The van der Waals surface area contributed by atoms with Crippen molar-refractivity contribution in [2.45, 2.75) is 25.4 Å². The van der Waals surface area contributed by atoms with Gasteiger partial charge in [0.05, 0.1) is 0 Å². The van der Waals surface area contributed by atoms with Crippen LogP contribution in [0.3, 0.4) is 0 Å². The first-order valence-corrected chi connectivity index (χ1v) is 6.00. The van der Waals surface area contributed by atoms with Gasteiger partial charge < -0.3 is 5.11 Å². The van der Waals surface area contributed by atoms with Gasteiger partial charge in [-0.15, -0.1) is 0 Å². The number of hydrogen-bond donors (Lipinski definition) is 1. The summed E-state index contributed by atoms with van der Waals surface area (Å²) in [5.41, 5.74) is 0.708. The standard InChI is InChI=1S/C12H12N4O3/c17-10-3-1-2-8(6-10)12-13-11-5-4-9(16(18)19)7-15(11)14-12/h1-3,6,9,17H,4-5,7H2. The Kier molecular flexibility index (Phi) is 2.66. The molecule has 1 N–H and O–H groups in total. The van der Waals surface area contributed by atoms with Crippen LogP contribution in [0.5, 0.6) is 5.75 Å². The van der Waals surface area contributed by atoms with E-state index in [4.69, 9.17) is 0 Å². The van der Waals surface area contributed by atoms with Gasteiger partial charge in [0.1, 0.15) is 18.1 Å². The van der Waals surface area contributed by atoms with Crippen molar-refractivity contribution < 1.29 is 10.0 Å². The number of hydrogen-bond acceptors (Lipinski definition) is 5. The van der Waals surface area contributed by atoms with Crippen LogP contribution in [0.4, 0.5) is 0 Å². The summed E-state index contributed by atoms with van der Waals surface area (Å²) in [6.45, 7) is 0.258. The number of phenols is 1. The maximum absolute atomic E-state index is 10.8. The van der Waals surface area contributed by atoms with E-state index in [9.17, 15) is 15.2 Å². The molecule has 2 heterocycles.